The van der Waals surface area contributed by atoms with Gasteiger partial charge in [-0.3, -0.25) is 4.79 Å². The van der Waals surface area contributed by atoms with Crippen LogP contribution in [0.4, 0.5) is 0 Å². The zero-order valence-corrected chi connectivity index (χ0v) is 9.45. The highest BCUT2D eigenvalue weighted by Crippen LogP contribution is 2.59. The standard InChI is InChI=1S/C13H11NO3/c1-8(15)17-10-3-2-9(6-14)12-11(10)13(4-5-13)7-16-12/h2-3H,4-5,7H2,1H3. The van der Waals surface area contributed by atoms with Crippen LogP contribution in [0.1, 0.15) is 30.9 Å². The molecule has 0 radical (unpaired) electrons. The van der Waals surface area contributed by atoms with Crippen molar-refractivity contribution in [2.45, 2.75) is 25.2 Å². The zero-order chi connectivity index (χ0) is 12.0. The minimum atomic E-state index is -0.348. The SMILES string of the molecule is CC(=O)Oc1ccc(C#N)c2c1C1(CC1)CO2. The number of carbonyl (C=O) groups is 1. The molecule has 0 saturated heterocycles. The second-order valence-corrected chi connectivity index (χ2v) is 4.59. The molecule has 1 heterocycles. The van der Waals surface area contributed by atoms with Crippen molar-refractivity contribution in [2.24, 2.45) is 0 Å². The van der Waals surface area contributed by atoms with E-state index >= 15 is 0 Å². The molecule has 1 aromatic rings. The van der Waals surface area contributed by atoms with Gasteiger partial charge in [-0.15, -0.1) is 0 Å². The Balaban J connectivity index is 2.17. The van der Waals surface area contributed by atoms with Gasteiger partial charge in [-0.1, -0.05) is 0 Å². The molecule has 1 saturated carbocycles. The van der Waals surface area contributed by atoms with E-state index < -0.39 is 0 Å². The second-order valence-electron chi connectivity index (χ2n) is 4.59. The van der Waals surface area contributed by atoms with Crippen molar-refractivity contribution in [2.75, 3.05) is 6.61 Å². The number of carbonyl (C=O) groups excluding carboxylic acids is 1. The minimum Gasteiger partial charge on any atom is -0.491 e. The molecule has 0 amide bonds. The first-order valence-electron chi connectivity index (χ1n) is 5.55. The Morgan fingerprint density at radius 1 is 1.53 bits per heavy atom. The van der Waals surface area contributed by atoms with E-state index in [0.717, 1.165) is 18.4 Å². The van der Waals surface area contributed by atoms with Gasteiger partial charge in [0.05, 0.1) is 12.2 Å². The summed E-state index contributed by atoms with van der Waals surface area (Å²) < 4.78 is 10.8. The number of nitrogens with zero attached hydrogens (tertiary/aromatic N) is 1. The van der Waals surface area contributed by atoms with E-state index in [4.69, 9.17) is 14.7 Å². The van der Waals surface area contributed by atoms with Crippen LogP contribution in [0.5, 0.6) is 11.5 Å². The molecule has 2 aliphatic rings. The molecule has 0 atom stereocenters. The molecular formula is C13H11NO3. The van der Waals surface area contributed by atoms with Crippen molar-refractivity contribution < 1.29 is 14.3 Å². The quantitative estimate of drug-likeness (QED) is 0.545. The van der Waals surface area contributed by atoms with Gasteiger partial charge in [0.1, 0.15) is 17.6 Å². The molecule has 4 nitrogen and oxygen atoms in total. The van der Waals surface area contributed by atoms with Crippen molar-refractivity contribution in [3.8, 4) is 17.6 Å². The molecule has 1 spiro atoms. The van der Waals surface area contributed by atoms with Gasteiger partial charge in [0, 0.05) is 17.9 Å². The van der Waals surface area contributed by atoms with Crippen LogP contribution in [0.3, 0.4) is 0 Å². The van der Waals surface area contributed by atoms with Crippen molar-refractivity contribution in [1.29, 1.82) is 5.26 Å². The van der Waals surface area contributed by atoms with Crippen molar-refractivity contribution in [3.63, 3.8) is 0 Å². The van der Waals surface area contributed by atoms with Gasteiger partial charge >= 0.3 is 5.97 Å². The molecule has 0 N–H and O–H groups in total. The summed E-state index contributed by atoms with van der Waals surface area (Å²) in [6, 6.07) is 5.43. The topological polar surface area (TPSA) is 59.3 Å². The molecular weight excluding hydrogens is 218 g/mol. The molecule has 86 valence electrons. The Bertz CT molecular complexity index is 553. The van der Waals surface area contributed by atoms with Crippen molar-refractivity contribution >= 4 is 5.97 Å². The lowest BCUT2D eigenvalue weighted by Crippen LogP contribution is -2.11. The second kappa shape index (κ2) is 3.24. The average molecular weight is 229 g/mol. The predicted octanol–water partition coefficient (Wildman–Crippen LogP) is 1.91. The summed E-state index contributed by atoms with van der Waals surface area (Å²) in [4.78, 5) is 11.1. The smallest absolute Gasteiger partial charge is 0.308 e. The van der Waals surface area contributed by atoms with Crippen LogP contribution in [-0.4, -0.2) is 12.6 Å². The van der Waals surface area contributed by atoms with Crippen LogP contribution in [-0.2, 0) is 10.2 Å². The normalized spacial score (nSPS) is 18.1. The fourth-order valence-electron chi connectivity index (χ4n) is 2.37. The summed E-state index contributed by atoms with van der Waals surface area (Å²) in [5.74, 6) is 0.796. The highest BCUT2D eigenvalue weighted by molar-refractivity contribution is 5.72. The Hall–Kier alpha value is -2.02. The predicted molar refractivity (Wildman–Crippen MR) is 58.9 cm³/mol. The molecule has 1 aliphatic carbocycles. The first-order valence-corrected chi connectivity index (χ1v) is 5.55. The van der Waals surface area contributed by atoms with Gasteiger partial charge in [0.15, 0.2) is 0 Å². The number of nitriles is 1. The summed E-state index contributed by atoms with van der Waals surface area (Å²) in [5.41, 5.74) is 1.42. The summed E-state index contributed by atoms with van der Waals surface area (Å²) >= 11 is 0. The van der Waals surface area contributed by atoms with Crippen LogP contribution in [0.2, 0.25) is 0 Å². The van der Waals surface area contributed by atoms with Crippen LogP contribution in [0.15, 0.2) is 12.1 Å². The molecule has 4 heteroatoms. The molecule has 0 aromatic heterocycles. The first kappa shape index (κ1) is 10.2. The Kier molecular flexibility index (Phi) is 1.93. The summed E-state index contributed by atoms with van der Waals surface area (Å²) in [7, 11) is 0. The van der Waals surface area contributed by atoms with E-state index in [1.54, 1.807) is 12.1 Å². The van der Waals surface area contributed by atoms with E-state index in [1.165, 1.54) is 6.92 Å². The number of fused-ring (bicyclic) bond motifs is 2. The minimum absolute atomic E-state index is 0.00697. The number of ether oxygens (including phenoxy) is 2. The highest BCUT2D eigenvalue weighted by atomic mass is 16.5. The van der Waals surface area contributed by atoms with Gasteiger partial charge in [0.25, 0.3) is 0 Å². The van der Waals surface area contributed by atoms with Gasteiger partial charge < -0.3 is 9.47 Å². The van der Waals surface area contributed by atoms with Crippen LogP contribution < -0.4 is 9.47 Å². The lowest BCUT2D eigenvalue weighted by atomic mass is 9.95. The summed E-state index contributed by atoms with van der Waals surface area (Å²) in [6.07, 6.45) is 2.06. The third kappa shape index (κ3) is 1.39. The maximum Gasteiger partial charge on any atom is 0.308 e. The maximum atomic E-state index is 11.1. The van der Waals surface area contributed by atoms with Crippen LogP contribution >= 0.6 is 0 Å². The number of benzene rings is 1. The van der Waals surface area contributed by atoms with E-state index in [0.29, 0.717) is 23.7 Å². The van der Waals surface area contributed by atoms with Crippen molar-refractivity contribution in [1.82, 2.24) is 0 Å². The lowest BCUT2D eigenvalue weighted by molar-refractivity contribution is -0.131. The average Bonchev–Trinajstić information content (AvgIpc) is 2.95. The Morgan fingerprint density at radius 3 is 2.88 bits per heavy atom. The largest absolute Gasteiger partial charge is 0.491 e. The number of hydrogen-bond acceptors (Lipinski definition) is 4. The van der Waals surface area contributed by atoms with Crippen molar-refractivity contribution in [3.05, 3.63) is 23.3 Å². The van der Waals surface area contributed by atoms with E-state index in [1.807, 2.05) is 0 Å². The Labute approximate surface area is 98.8 Å². The molecule has 3 rings (SSSR count). The molecule has 17 heavy (non-hydrogen) atoms. The maximum absolute atomic E-state index is 11.1. The number of hydrogen-bond donors (Lipinski definition) is 0. The summed E-state index contributed by atoms with van der Waals surface area (Å²) in [5, 5.41) is 9.03. The molecule has 0 bridgehead atoms. The highest BCUT2D eigenvalue weighted by Gasteiger charge is 2.53. The fourth-order valence-corrected chi connectivity index (χ4v) is 2.37. The lowest BCUT2D eigenvalue weighted by Gasteiger charge is -2.11. The molecule has 1 aromatic carbocycles. The monoisotopic (exact) mass is 229 g/mol. The van der Waals surface area contributed by atoms with Crippen LogP contribution in [0.25, 0.3) is 0 Å². The molecule has 1 fully saturated rings. The third-order valence-corrected chi connectivity index (χ3v) is 3.37. The van der Waals surface area contributed by atoms with Gasteiger partial charge in [-0.25, -0.2) is 0 Å². The first-order chi connectivity index (χ1) is 8.16. The summed E-state index contributed by atoms with van der Waals surface area (Å²) in [6.45, 7) is 1.97. The fraction of sp³-hybridized carbons (Fsp3) is 0.385. The zero-order valence-electron chi connectivity index (χ0n) is 9.45. The van der Waals surface area contributed by atoms with E-state index in [9.17, 15) is 4.79 Å². The Morgan fingerprint density at radius 2 is 2.29 bits per heavy atom. The van der Waals surface area contributed by atoms with Crippen LogP contribution in [0, 0.1) is 11.3 Å². The molecule has 0 unspecified atom stereocenters. The molecule has 1 aliphatic heterocycles. The van der Waals surface area contributed by atoms with Gasteiger partial charge in [-0.2, -0.15) is 5.26 Å². The van der Waals surface area contributed by atoms with Gasteiger partial charge in [0.2, 0.25) is 0 Å². The van der Waals surface area contributed by atoms with E-state index in [-0.39, 0.29) is 11.4 Å². The number of esters is 1. The third-order valence-electron chi connectivity index (χ3n) is 3.37. The number of rotatable bonds is 1. The van der Waals surface area contributed by atoms with E-state index in [2.05, 4.69) is 6.07 Å². The van der Waals surface area contributed by atoms with Gasteiger partial charge in [-0.05, 0) is 25.0 Å².